The van der Waals surface area contributed by atoms with Crippen LogP contribution < -0.4 is 10.2 Å². The van der Waals surface area contributed by atoms with E-state index in [4.69, 9.17) is 0 Å². The molecular weight excluding hydrogens is 306 g/mol. The Morgan fingerprint density at radius 1 is 1.47 bits per heavy atom. The summed E-state index contributed by atoms with van der Waals surface area (Å²) >= 11 is 3.46. The molecule has 1 saturated heterocycles. The lowest BCUT2D eigenvalue weighted by molar-refractivity contribution is -0.122. The minimum atomic E-state index is -0.0475. The Morgan fingerprint density at radius 2 is 2.26 bits per heavy atom. The van der Waals surface area contributed by atoms with Crippen molar-refractivity contribution in [2.45, 2.75) is 44.7 Å². The first-order chi connectivity index (χ1) is 9.15. The van der Waals surface area contributed by atoms with Crippen molar-refractivity contribution in [3.05, 3.63) is 22.3 Å². The Hall–Kier alpha value is -1.10. The lowest BCUT2D eigenvalue weighted by Gasteiger charge is -2.25. The molecule has 0 bridgehead atoms. The van der Waals surface area contributed by atoms with E-state index in [1.807, 2.05) is 19.2 Å². The van der Waals surface area contributed by atoms with Gasteiger partial charge in [-0.15, -0.1) is 0 Å². The number of anilines is 1. The van der Waals surface area contributed by atoms with Crippen LogP contribution in [0.3, 0.4) is 0 Å². The highest BCUT2D eigenvalue weighted by molar-refractivity contribution is 9.10. The minimum Gasteiger partial charge on any atom is -0.352 e. The van der Waals surface area contributed by atoms with Crippen molar-refractivity contribution >= 4 is 27.7 Å². The third kappa shape index (κ3) is 2.76. The lowest BCUT2D eigenvalue weighted by Crippen LogP contribution is -2.44. The maximum atomic E-state index is 12.2. The fraction of sp³-hybridized carbons (Fsp3) is 0.571. The topological polar surface area (TPSA) is 45.2 Å². The van der Waals surface area contributed by atoms with E-state index >= 15 is 0 Å². The number of pyridine rings is 1. The molecule has 102 valence electrons. The number of aromatic nitrogens is 1. The van der Waals surface area contributed by atoms with Crippen molar-refractivity contribution < 1.29 is 4.79 Å². The highest BCUT2D eigenvalue weighted by Crippen LogP contribution is 2.28. The van der Waals surface area contributed by atoms with Crippen LogP contribution in [0, 0.1) is 6.92 Å². The molecule has 4 nitrogen and oxygen atoms in total. The van der Waals surface area contributed by atoms with Crippen LogP contribution in [-0.4, -0.2) is 29.5 Å². The number of halogens is 1. The smallest absolute Gasteiger partial charge is 0.242 e. The fourth-order valence-electron chi connectivity index (χ4n) is 2.52. The maximum Gasteiger partial charge on any atom is 0.242 e. The first-order valence-corrected chi connectivity index (χ1v) is 7.63. The van der Waals surface area contributed by atoms with Gasteiger partial charge in [0.05, 0.1) is 0 Å². The van der Waals surface area contributed by atoms with Crippen LogP contribution >= 0.6 is 15.9 Å². The lowest BCUT2D eigenvalue weighted by atomic mass is 10.2. The van der Waals surface area contributed by atoms with Crippen molar-refractivity contribution in [1.82, 2.24) is 10.3 Å². The van der Waals surface area contributed by atoms with Gasteiger partial charge in [0.1, 0.15) is 11.9 Å². The predicted octanol–water partition coefficient (Wildman–Crippen LogP) is 2.40. The minimum absolute atomic E-state index is 0.0475. The SMILES string of the molecule is Cc1cc(N2CCCC2C(=O)NC2CC2)ncc1Br. The summed E-state index contributed by atoms with van der Waals surface area (Å²) in [6.07, 6.45) is 6.07. The fourth-order valence-corrected chi connectivity index (χ4v) is 2.74. The molecule has 1 aromatic rings. The molecule has 19 heavy (non-hydrogen) atoms. The van der Waals surface area contributed by atoms with E-state index in [-0.39, 0.29) is 11.9 Å². The zero-order chi connectivity index (χ0) is 13.4. The Kier molecular flexibility index (Phi) is 3.48. The van der Waals surface area contributed by atoms with Crippen LogP contribution in [0.1, 0.15) is 31.2 Å². The number of rotatable bonds is 3. The molecule has 2 heterocycles. The van der Waals surface area contributed by atoms with Crippen LogP contribution in [0.4, 0.5) is 5.82 Å². The molecule has 1 aromatic heterocycles. The van der Waals surface area contributed by atoms with Crippen molar-refractivity contribution in [2.24, 2.45) is 0 Å². The molecule has 2 fully saturated rings. The van der Waals surface area contributed by atoms with Gasteiger partial charge in [-0.3, -0.25) is 4.79 Å². The first-order valence-electron chi connectivity index (χ1n) is 6.84. The number of hydrogen-bond donors (Lipinski definition) is 1. The van der Waals surface area contributed by atoms with Gasteiger partial charge < -0.3 is 10.2 Å². The zero-order valence-corrected chi connectivity index (χ0v) is 12.6. The predicted molar refractivity (Wildman–Crippen MR) is 78.2 cm³/mol. The van der Waals surface area contributed by atoms with Crippen LogP contribution in [0.15, 0.2) is 16.7 Å². The van der Waals surface area contributed by atoms with Gasteiger partial charge in [0.15, 0.2) is 0 Å². The third-order valence-corrected chi connectivity index (χ3v) is 4.64. The Balaban J connectivity index is 1.77. The van der Waals surface area contributed by atoms with Gasteiger partial charge >= 0.3 is 0 Å². The Morgan fingerprint density at radius 3 is 2.95 bits per heavy atom. The summed E-state index contributed by atoms with van der Waals surface area (Å²) in [4.78, 5) is 18.8. The maximum absolute atomic E-state index is 12.2. The molecule has 1 aliphatic carbocycles. The van der Waals surface area contributed by atoms with Crippen LogP contribution in [0.2, 0.25) is 0 Å². The second-order valence-electron chi connectivity index (χ2n) is 5.43. The normalized spacial score (nSPS) is 22.6. The number of nitrogens with one attached hydrogen (secondary N) is 1. The number of hydrogen-bond acceptors (Lipinski definition) is 3. The van der Waals surface area contributed by atoms with E-state index in [2.05, 4.69) is 31.1 Å². The van der Waals surface area contributed by atoms with Gasteiger partial charge in [0, 0.05) is 23.3 Å². The molecule has 0 spiro atoms. The van der Waals surface area contributed by atoms with E-state index in [0.29, 0.717) is 6.04 Å². The summed E-state index contributed by atoms with van der Waals surface area (Å²) in [7, 11) is 0. The molecule has 0 aromatic carbocycles. The quantitative estimate of drug-likeness (QED) is 0.929. The third-order valence-electron chi connectivity index (χ3n) is 3.81. The van der Waals surface area contributed by atoms with Crippen molar-refractivity contribution in [3.8, 4) is 0 Å². The van der Waals surface area contributed by atoms with Gasteiger partial charge in [-0.25, -0.2) is 4.98 Å². The standard InChI is InChI=1S/C14H18BrN3O/c1-9-7-13(16-8-11(9)15)18-6-2-3-12(18)14(19)17-10-4-5-10/h7-8,10,12H,2-6H2,1H3,(H,17,19). The average Bonchev–Trinajstić information content (AvgIpc) is 3.06. The highest BCUT2D eigenvalue weighted by atomic mass is 79.9. The van der Waals surface area contributed by atoms with E-state index < -0.39 is 0 Å². The van der Waals surface area contributed by atoms with Crippen LogP contribution in [-0.2, 0) is 4.79 Å². The Labute approximate surface area is 121 Å². The summed E-state index contributed by atoms with van der Waals surface area (Å²) in [5.41, 5.74) is 1.15. The molecule has 0 radical (unpaired) electrons. The second kappa shape index (κ2) is 5.12. The molecule has 1 aliphatic heterocycles. The molecule has 1 N–H and O–H groups in total. The summed E-state index contributed by atoms with van der Waals surface area (Å²) < 4.78 is 1.01. The molecule has 1 unspecified atom stereocenters. The molecule has 5 heteroatoms. The van der Waals surface area contributed by atoms with Crippen LogP contribution in [0.25, 0.3) is 0 Å². The molecule has 2 aliphatic rings. The average molecular weight is 324 g/mol. The number of nitrogens with zero attached hydrogens (tertiary/aromatic N) is 2. The van der Waals surface area contributed by atoms with Gasteiger partial charge in [-0.1, -0.05) is 0 Å². The highest BCUT2D eigenvalue weighted by Gasteiger charge is 2.34. The summed E-state index contributed by atoms with van der Waals surface area (Å²) in [6.45, 7) is 2.96. The monoisotopic (exact) mass is 323 g/mol. The van der Waals surface area contributed by atoms with Crippen molar-refractivity contribution in [3.63, 3.8) is 0 Å². The van der Waals surface area contributed by atoms with Gasteiger partial charge in [-0.2, -0.15) is 0 Å². The zero-order valence-electron chi connectivity index (χ0n) is 11.0. The molecule has 3 rings (SSSR count). The molecule has 1 amide bonds. The van der Waals surface area contributed by atoms with Gasteiger partial charge in [-0.05, 0) is 60.2 Å². The van der Waals surface area contributed by atoms with E-state index in [1.165, 1.54) is 0 Å². The number of aryl methyl sites for hydroxylation is 1. The van der Waals surface area contributed by atoms with E-state index in [0.717, 1.165) is 48.1 Å². The van der Waals surface area contributed by atoms with Gasteiger partial charge in [0.25, 0.3) is 0 Å². The second-order valence-corrected chi connectivity index (χ2v) is 6.28. The molecule has 1 atom stereocenters. The number of carbonyl (C=O) groups excluding carboxylic acids is 1. The first kappa shape index (κ1) is 12.9. The van der Waals surface area contributed by atoms with Crippen LogP contribution in [0.5, 0.6) is 0 Å². The van der Waals surface area contributed by atoms with Crippen molar-refractivity contribution in [2.75, 3.05) is 11.4 Å². The van der Waals surface area contributed by atoms with Gasteiger partial charge in [0.2, 0.25) is 5.91 Å². The van der Waals surface area contributed by atoms with E-state index in [9.17, 15) is 4.79 Å². The number of carbonyl (C=O) groups is 1. The molecule has 1 saturated carbocycles. The van der Waals surface area contributed by atoms with E-state index in [1.54, 1.807) is 0 Å². The summed E-state index contributed by atoms with van der Waals surface area (Å²) in [5.74, 6) is 1.08. The number of amides is 1. The Bertz CT molecular complexity index is 501. The van der Waals surface area contributed by atoms with Crippen molar-refractivity contribution in [1.29, 1.82) is 0 Å². The largest absolute Gasteiger partial charge is 0.352 e. The molecular formula is C14H18BrN3O. The summed E-state index contributed by atoms with van der Waals surface area (Å²) in [6, 6.07) is 2.43. The summed E-state index contributed by atoms with van der Waals surface area (Å²) in [5, 5.41) is 3.10.